The first-order valence-electron chi connectivity index (χ1n) is 14.7. The first kappa shape index (κ1) is 32.7. The number of benzene rings is 1. The van der Waals surface area contributed by atoms with Crippen LogP contribution in [0.2, 0.25) is 0 Å². The molecule has 0 aromatic heterocycles. The minimum Gasteiger partial charge on any atom is -1.00 e. The largest absolute Gasteiger partial charge is 1.00 e. The fourth-order valence-electron chi connectivity index (χ4n) is 5.16. The molecule has 194 valence electrons. The number of rotatable bonds is 23. The van der Waals surface area contributed by atoms with Gasteiger partial charge in [-0.05, 0) is 26.7 Å². The van der Waals surface area contributed by atoms with Gasteiger partial charge < -0.3 is 21.5 Å². The lowest BCUT2D eigenvalue weighted by Crippen LogP contribution is -3.00. The summed E-state index contributed by atoms with van der Waals surface area (Å²) in [4.78, 5) is 0. The first-order chi connectivity index (χ1) is 15.8. The Morgan fingerprint density at radius 3 is 1.21 bits per heavy atom. The van der Waals surface area contributed by atoms with E-state index in [1.807, 2.05) is 0 Å². The van der Waals surface area contributed by atoms with Crippen molar-refractivity contribution in [2.45, 2.75) is 143 Å². The van der Waals surface area contributed by atoms with E-state index in [1.165, 1.54) is 152 Å². The zero-order valence-corrected chi connectivity index (χ0v) is 24.4. The topological polar surface area (TPSA) is 0 Å². The molecular weight excluding hydrogens is 466 g/mol. The zero-order chi connectivity index (χ0) is 23.2. The maximum absolute atomic E-state index is 2.38. The van der Waals surface area contributed by atoms with Gasteiger partial charge in [-0.15, -0.1) is 0 Å². The fraction of sp³-hybridized carbons (Fsp3) is 0.806. The Hall–Kier alpha value is -0.340. The van der Waals surface area contributed by atoms with E-state index in [4.69, 9.17) is 0 Å². The number of hydrogen-bond donors (Lipinski definition) is 0. The molecule has 1 aromatic carbocycles. The molecule has 0 saturated heterocycles. The van der Waals surface area contributed by atoms with Gasteiger partial charge in [-0.25, -0.2) is 0 Å². The molecule has 0 spiro atoms. The lowest BCUT2D eigenvalue weighted by molar-refractivity contribution is -0.938. The molecule has 1 rings (SSSR count). The van der Waals surface area contributed by atoms with Gasteiger partial charge >= 0.3 is 0 Å². The summed E-state index contributed by atoms with van der Waals surface area (Å²) in [5.74, 6) is 0. The monoisotopic (exact) mass is 523 g/mol. The van der Waals surface area contributed by atoms with Gasteiger partial charge in [-0.2, -0.15) is 0 Å². The number of quaternary nitrogens is 1. The van der Waals surface area contributed by atoms with E-state index >= 15 is 0 Å². The van der Waals surface area contributed by atoms with Gasteiger partial charge in [0.05, 0.1) is 19.6 Å². The fourth-order valence-corrected chi connectivity index (χ4v) is 5.16. The predicted molar refractivity (Wildman–Crippen MR) is 145 cm³/mol. The average Bonchev–Trinajstić information content (AvgIpc) is 2.83. The number of unbranched alkanes of at least 4 members (excludes halogenated alkanes) is 17. The molecule has 0 amide bonds. The molecule has 33 heavy (non-hydrogen) atoms. The molecule has 0 fully saturated rings. The van der Waals surface area contributed by atoms with Crippen molar-refractivity contribution in [1.29, 1.82) is 0 Å². The van der Waals surface area contributed by atoms with Gasteiger partial charge in [0.1, 0.15) is 6.54 Å². The summed E-state index contributed by atoms with van der Waals surface area (Å²) in [6.07, 6.45) is 26.2. The highest BCUT2D eigenvalue weighted by molar-refractivity contribution is 5.13. The normalized spacial score (nSPS) is 11.5. The number of hydrogen-bond acceptors (Lipinski definition) is 0. The van der Waals surface area contributed by atoms with E-state index in [2.05, 4.69) is 51.1 Å². The highest BCUT2D eigenvalue weighted by Gasteiger charge is 2.22. The molecule has 0 heterocycles. The van der Waals surface area contributed by atoms with Gasteiger partial charge in [0.2, 0.25) is 0 Å². The van der Waals surface area contributed by atoms with Crippen LogP contribution in [0.3, 0.4) is 0 Å². The van der Waals surface area contributed by atoms with Crippen molar-refractivity contribution >= 4 is 0 Å². The third-order valence-electron chi connectivity index (χ3n) is 7.69. The van der Waals surface area contributed by atoms with Crippen LogP contribution in [0.1, 0.15) is 142 Å². The second kappa shape index (κ2) is 23.4. The second-order valence-electron chi connectivity index (χ2n) is 10.4. The molecule has 1 aromatic rings. The van der Waals surface area contributed by atoms with E-state index in [0.717, 1.165) is 0 Å². The van der Waals surface area contributed by atoms with Crippen LogP contribution < -0.4 is 17.0 Å². The Morgan fingerprint density at radius 2 is 0.848 bits per heavy atom. The van der Waals surface area contributed by atoms with Crippen molar-refractivity contribution < 1.29 is 21.5 Å². The molecule has 0 aliphatic heterocycles. The van der Waals surface area contributed by atoms with Gasteiger partial charge in [0, 0.05) is 5.56 Å². The van der Waals surface area contributed by atoms with Crippen molar-refractivity contribution in [3.05, 3.63) is 35.9 Å². The summed E-state index contributed by atoms with van der Waals surface area (Å²) in [5, 5.41) is 0. The summed E-state index contributed by atoms with van der Waals surface area (Å²) in [7, 11) is 0. The quantitative estimate of drug-likeness (QED) is 0.106. The lowest BCUT2D eigenvalue weighted by Gasteiger charge is -2.37. The van der Waals surface area contributed by atoms with Crippen LogP contribution in [0.4, 0.5) is 0 Å². The Balaban J connectivity index is 0.0000102. The molecular formula is C31H58BrN. The molecule has 0 unspecified atom stereocenters. The Bertz CT molecular complexity index is 497. The molecule has 2 heteroatoms. The minimum absolute atomic E-state index is 0. The third-order valence-corrected chi connectivity index (χ3v) is 7.69. The molecule has 0 saturated carbocycles. The van der Waals surface area contributed by atoms with Crippen LogP contribution >= 0.6 is 0 Å². The van der Waals surface area contributed by atoms with E-state index < -0.39 is 0 Å². The van der Waals surface area contributed by atoms with Crippen LogP contribution in [-0.4, -0.2) is 24.1 Å². The summed E-state index contributed by atoms with van der Waals surface area (Å²) in [6.45, 7) is 12.1. The number of nitrogens with zero attached hydrogens (tertiary/aromatic N) is 1. The van der Waals surface area contributed by atoms with Crippen molar-refractivity contribution in [2.24, 2.45) is 0 Å². The molecule has 0 atom stereocenters. The van der Waals surface area contributed by atoms with E-state index in [1.54, 1.807) is 0 Å². The van der Waals surface area contributed by atoms with E-state index in [-0.39, 0.29) is 17.0 Å². The SMILES string of the molecule is CCCCCCCCCCCCCCCCCCCC[N+](CC)(CC)Cc1ccccc1.[Br-]. The highest BCUT2D eigenvalue weighted by atomic mass is 79.9. The molecule has 0 N–H and O–H groups in total. The van der Waals surface area contributed by atoms with Crippen molar-refractivity contribution in [2.75, 3.05) is 19.6 Å². The second-order valence-corrected chi connectivity index (χ2v) is 10.4. The van der Waals surface area contributed by atoms with E-state index in [9.17, 15) is 0 Å². The average molecular weight is 525 g/mol. The van der Waals surface area contributed by atoms with Gasteiger partial charge in [-0.1, -0.05) is 140 Å². The number of halogens is 1. The maximum Gasteiger partial charge on any atom is 0.104 e. The zero-order valence-electron chi connectivity index (χ0n) is 22.8. The van der Waals surface area contributed by atoms with Crippen molar-refractivity contribution in [3.63, 3.8) is 0 Å². The summed E-state index contributed by atoms with van der Waals surface area (Å²) >= 11 is 0. The Labute approximate surface area is 219 Å². The summed E-state index contributed by atoms with van der Waals surface area (Å²) in [5.41, 5.74) is 1.50. The first-order valence-corrected chi connectivity index (χ1v) is 14.7. The van der Waals surface area contributed by atoms with E-state index in [0.29, 0.717) is 0 Å². The van der Waals surface area contributed by atoms with Gasteiger partial charge in [0.15, 0.2) is 0 Å². The third kappa shape index (κ3) is 17.7. The van der Waals surface area contributed by atoms with Crippen molar-refractivity contribution in [1.82, 2.24) is 0 Å². The standard InChI is InChI=1S/C31H58N.BrH/c1-4-7-8-9-10-11-12-13-14-15-16-17-18-19-20-21-22-26-29-32(5-2,6-3)30-31-27-24-23-25-28-31;/h23-25,27-28H,4-22,26,29-30H2,1-3H3;1H/q+1;/p-1. The predicted octanol–water partition coefficient (Wildman–Crippen LogP) is 7.09. The maximum atomic E-state index is 2.38. The summed E-state index contributed by atoms with van der Waals surface area (Å²) in [6, 6.07) is 11.1. The molecule has 0 radical (unpaired) electrons. The molecule has 1 nitrogen and oxygen atoms in total. The van der Waals surface area contributed by atoms with Crippen LogP contribution in [0.15, 0.2) is 30.3 Å². The van der Waals surface area contributed by atoms with Crippen LogP contribution in [0.25, 0.3) is 0 Å². The lowest BCUT2D eigenvalue weighted by atomic mass is 10.0. The summed E-state index contributed by atoms with van der Waals surface area (Å²) < 4.78 is 1.25. The van der Waals surface area contributed by atoms with Gasteiger partial charge in [-0.3, -0.25) is 0 Å². The van der Waals surface area contributed by atoms with Gasteiger partial charge in [0.25, 0.3) is 0 Å². The Kier molecular flexibility index (Phi) is 23.2. The molecule has 0 aliphatic carbocycles. The van der Waals surface area contributed by atoms with Crippen LogP contribution in [0.5, 0.6) is 0 Å². The van der Waals surface area contributed by atoms with Crippen molar-refractivity contribution in [3.8, 4) is 0 Å². The Morgan fingerprint density at radius 1 is 0.485 bits per heavy atom. The van der Waals surface area contributed by atoms with Crippen LogP contribution in [0, 0.1) is 0 Å². The molecule has 0 aliphatic rings. The molecule has 0 bridgehead atoms. The smallest absolute Gasteiger partial charge is 0.104 e. The minimum atomic E-state index is 0. The van der Waals surface area contributed by atoms with Crippen LogP contribution in [-0.2, 0) is 6.54 Å². The highest BCUT2D eigenvalue weighted by Crippen LogP contribution is 2.18.